The second kappa shape index (κ2) is 6.00. The van der Waals surface area contributed by atoms with Crippen LogP contribution in [0, 0.1) is 13.8 Å². The molecule has 2 aromatic carbocycles. The normalized spacial score (nSPS) is 10.8. The van der Waals surface area contributed by atoms with Gasteiger partial charge in [-0.1, -0.05) is 44.2 Å². The molecule has 0 bridgehead atoms. The standard InChI is InChI=1S/C18H23NO/c1-12(2)16-8-6-15(7-9-16)11-20-18-13(3)5-10-17(19)14(18)4/h5-10,12H,11,19H2,1-4H3. The van der Waals surface area contributed by atoms with Gasteiger partial charge in [0.05, 0.1) is 0 Å². The highest BCUT2D eigenvalue weighted by Crippen LogP contribution is 2.28. The van der Waals surface area contributed by atoms with Crippen LogP contribution in [-0.4, -0.2) is 0 Å². The smallest absolute Gasteiger partial charge is 0.127 e. The van der Waals surface area contributed by atoms with Crippen molar-refractivity contribution >= 4 is 5.69 Å². The molecule has 0 aromatic heterocycles. The fourth-order valence-corrected chi connectivity index (χ4v) is 2.22. The number of hydrogen-bond acceptors (Lipinski definition) is 2. The third kappa shape index (κ3) is 3.13. The Morgan fingerprint density at radius 1 is 1.00 bits per heavy atom. The van der Waals surface area contributed by atoms with Crippen molar-refractivity contribution in [2.24, 2.45) is 0 Å². The lowest BCUT2D eigenvalue weighted by molar-refractivity contribution is 0.302. The van der Waals surface area contributed by atoms with Crippen molar-refractivity contribution < 1.29 is 4.74 Å². The maximum atomic E-state index is 5.95. The Labute approximate surface area is 121 Å². The second-order valence-electron chi connectivity index (χ2n) is 5.61. The van der Waals surface area contributed by atoms with Gasteiger partial charge in [0.1, 0.15) is 12.4 Å². The summed E-state index contributed by atoms with van der Waals surface area (Å²) < 4.78 is 5.95. The minimum Gasteiger partial charge on any atom is -0.488 e. The van der Waals surface area contributed by atoms with Crippen LogP contribution in [0.2, 0.25) is 0 Å². The summed E-state index contributed by atoms with van der Waals surface area (Å²) in [5.74, 6) is 1.46. The number of nitrogen functional groups attached to an aromatic ring is 1. The van der Waals surface area contributed by atoms with Crippen LogP contribution in [0.1, 0.15) is 42.0 Å². The Bertz CT molecular complexity index is 585. The van der Waals surface area contributed by atoms with E-state index in [-0.39, 0.29) is 0 Å². The molecule has 0 saturated heterocycles. The molecule has 2 heteroatoms. The minimum absolute atomic E-state index is 0.559. The van der Waals surface area contributed by atoms with Crippen LogP contribution < -0.4 is 10.5 Å². The molecular formula is C18H23NO. The number of benzene rings is 2. The highest BCUT2D eigenvalue weighted by Gasteiger charge is 2.07. The minimum atomic E-state index is 0.559. The topological polar surface area (TPSA) is 35.2 Å². The maximum absolute atomic E-state index is 5.95. The van der Waals surface area contributed by atoms with Crippen LogP contribution in [0.5, 0.6) is 5.75 Å². The van der Waals surface area contributed by atoms with Gasteiger partial charge in [-0.2, -0.15) is 0 Å². The van der Waals surface area contributed by atoms with E-state index in [0.29, 0.717) is 12.5 Å². The number of hydrogen-bond donors (Lipinski definition) is 1. The Hall–Kier alpha value is -1.96. The van der Waals surface area contributed by atoms with Gasteiger partial charge in [0, 0.05) is 11.3 Å². The van der Waals surface area contributed by atoms with Crippen molar-refractivity contribution in [3.8, 4) is 5.75 Å². The molecule has 0 saturated carbocycles. The van der Waals surface area contributed by atoms with E-state index in [2.05, 4.69) is 38.1 Å². The van der Waals surface area contributed by atoms with Gasteiger partial charge in [0.25, 0.3) is 0 Å². The molecule has 2 aromatic rings. The summed E-state index contributed by atoms with van der Waals surface area (Å²) in [7, 11) is 0. The number of rotatable bonds is 4. The number of anilines is 1. The molecule has 0 heterocycles. The van der Waals surface area contributed by atoms with E-state index >= 15 is 0 Å². The van der Waals surface area contributed by atoms with E-state index in [1.807, 2.05) is 26.0 Å². The molecule has 0 radical (unpaired) electrons. The summed E-state index contributed by atoms with van der Waals surface area (Å²) in [5.41, 5.74) is 11.4. The Kier molecular flexibility index (Phi) is 4.33. The van der Waals surface area contributed by atoms with E-state index < -0.39 is 0 Å². The monoisotopic (exact) mass is 269 g/mol. The van der Waals surface area contributed by atoms with Crippen molar-refractivity contribution in [2.45, 2.75) is 40.2 Å². The first-order valence-corrected chi connectivity index (χ1v) is 7.06. The van der Waals surface area contributed by atoms with Gasteiger partial charge >= 0.3 is 0 Å². The first-order chi connectivity index (χ1) is 9.49. The molecule has 106 valence electrons. The summed E-state index contributed by atoms with van der Waals surface area (Å²) in [6.45, 7) is 9.02. The van der Waals surface area contributed by atoms with Gasteiger partial charge in [-0.25, -0.2) is 0 Å². The lowest BCUT2D eigenvalue weighted by atomic mass is 10.0. The summed E-state index contributed by atoms with van der Waals surface area (Å²) in [6.07, 6.45) is 0. The summed E-state index contributed by atoms with van der Waals surface area (Å²) in [4.78, 5) is 0. The Morgan fingerprint density at radius 3 is 2.25 bits per heavy atom. The maximum Gasteiger partial charge on any atom is 0.127 e. The molecule has 2 nitrogen and oxygen atoms in total. The Morgan fingerprint density at radius 2 is 1.65 bits per heavy atom. The van der Waals surface area contributed by atoms with Crippen LogP contribution in [0.25, 0.3) is 0 Å². The molecule has 2 N–H and O–H groups in total. The van der Waals surface area contributed by atoms with Crippen LogP contribution in [0.15, 0.2) is 36.4 Å². The zero-order chi connectivity index (χ0) is 14.7. The van der Waals surface area contributed by atoms with Crippen molar-refractivity contribution in [1.82, 2.24) is 0 Å². The molecule has 0 spiro atoms. The summed E-state index contributed by atoms with van der Waals surface area (Å²) >= 11 is 0. The molecular weight excluding hydrogens is 246 g/mol. The first-order valence-electron chi connectivity index (χ1n) is 7.06. The average molecular weight is 269 g/mol. The quantitative estimate of drug-likeness (QED) is 0.824. The van der Waals surface area contributed by atoms with E-state index in [0.717, 1.165) is 22.6 Å². The average Bonchev–Trinajstić information content (AvgIpc) is 2.43. The highest BCUT2D eigenvalue weighted by molar-refractivity contribution is 5.56. The molecule has 0 aliphatic heterocycles. The van der Waals surface area contributed by atoms with Gasteiger partial charge < -0.3 is 10.5 Å². The van der Waals surface area contributed by atoms with Gasteiger partial charge in [0.2, 0.25) is 0 Å². The number of aryl methyl sites for hydroxylation is 1. The van der Waals surface area contributed by atoms with Gasteiger partial charge in [-0.15, -0.1) is 0 Å². The summed E-state index contributed by atoms with van der Waals surface area (Å²) in [6, 6.07) is 12.5. The highest BCUT2D eigenvalue weighted by atomic mass is 16.5. The predicted octanol–water partition coefficient (Wildman–Crippen LogP) is 4.59. The fraction of sp³-hybridized carbons (Fsp3) is 0.333. The zero-order valence-electron chi connectivity index (χ0n) is 12.7. The zero-order valence-corrected chi connectivity index (χ0v) is 12.7. The van der Waals surface area contributed by atoms with E-state index in [4.69, 9.17) is 10.5 Å². The number of ether oxygens (including phenoxy) is 1. The van der Waals surface area contributed by atoms with E-state index in [1.54, 1.807) is 0 Å². The molecule has 2 rings (SSSR count). The largest absolute Gasteiger partial charge is 0.488 e. The van der Waals surface area contributed by atoms with Crippen LogP contribution in [0.4, 0.5) is 5.69 Å². The Balaban J connectivity index is 2.11. The van der Waals surface area contributed by atoms with E-state index in [1.165, 1.54) is 11.1 Å². The summed E-state index contributed by atoms with van der Waals surface area (Å²) in [5, 5.41) is 0. The van der Waals surface area contributed by atoms with Crippen molar-refractivity contribution in [1.29, 1.82) is 0 Å². The molecule has 0 fully saturated rings. The molecule has 0 unspecified atom stereocenters. The molecule has 0 aliphatic carbocycles. The van der Waals surface area contributed by atoms with Crippen LogP contribution >= 0.6 is 0 Å². The fourth-order valence-electron chi connectivity index (χ4n) is 2.22. The van der Waals surface area contributed by atoms with Gasteiger partial charge in [-0.3, -0.25) is 0 Å². The molecule has 0 aliphatic rings. The van der Waals surface area contributed by atoms with E-state index in [9.17, 15) is 0 Å². The number of nitrogens with two attached hydrogens (primary N) is 1. The lowest BCUT2D eigenvalue weighted by Gasteiger charge is -2.14. The SMILES string of the molecule is Cc1ccc(N)c(C)c1OCc1ccc(C(C)C)cc1. The lowest BCUT2D eigenvalue weighted by Crippen LogP contribution is -2.01. The molecule has 0 atom stereocenters. The predicted molar refractivity (Wildman–Crippen MR) is 85.2 cm³/mol. The molecule has 0 amide bonds. The molecule has 20 heavy (non-hydrogen) atoms. The third-order valence-electron chi connectivity index (χ3n) is 3.67. The first kappa shape index (κ1) is 14.4. The van der Waals surface area contributed by atoms with Crippen molar-refractivity contribution in [3.63, 3.8) is 0 Å². The van der Waals surface area contributed by atoms with Gasteiger partial charge in [0.15, 0.2) is 0 Å². The second-order valence-corrected chi connectivity index (χ2v) is 5.61. The third-order valence-corrected chi connectivity index (χ3v) is 3.67. The van der Waals surface area contributed by atoms with Gasteiger partial charge in [-0.05, 0) is 42.5 Å². The van der Waals surface area contributed by atoms with Crippen molar-refractivity contribution in [3.05, 3.63) is 58.7 Å². The van der Waals surface area contributed by atoms with Crippen LogP contribution in [-0.2, 0) is 6.61 Å². The van der Waals surface area contributed by atoms with Crippen LogP contribution in [0.3, 0.4) is 0 Å². The van der Waals surface area contributed by atoms with Crippen molar-refractivity contribution in [2.75, 3.05) is 5.73 Å².